The minimum Gasteiger partial charge on any atom is -0.317 e. The van der Waals surface area contributed by atoms with Crippen LogP contribution in [0.3, 0.4) is 0 Å². The summed E-state index contributed by atoms with van der Waals surface area (Å²) in [5.74, 6) is 1.23. The maximum absolute atomic E-state index is 13.0. The first-order valence-electron chi connectivity index (χ1n) is 10.7. The van der Waals surface area contributed by atoms with Crippen LogP contribution in [0.1, 0.15) is 50.6 Å². The maximum Gasteiger partial charge on any atom is 0.227 e. The molecule has 1 aromatic heterocycles. The summed E-state index contributed by atoms with van der Waals surface area (Å²) >= 11 is 0. The Morgan fingerprint density at radius 2 is 1.70 bits per heavy atom. The van der Waals surface area contributed by atoms with E-state index in [9.17, 15) is 8.42 Å². The lowest BCUT2D eigenvalue weighted by molar-refractivity contribution is 0.144. The zero-order valence-corrected chi connectivity index (χ0v) is 17.5. The van der Waals surface area contributed by atoms with Gasteiger partial charge in [0.15, 0.2) is 0 Å². The lowest BCUT2D eigenvalue weighted by Crippen LogP contribution is -2.44. The Hall–Kier alpha value is -0.920. The summed E-state index contributed by atoms with van der Waals surface area (Å²) in [6.45, 7) is 5.85. The normalized spacial score (nSPS) is 23.7. The molecule has 27 heavy (non-hydrogen) atoms. The van der Waals surface area contributed by atoms with Gasteiger partial charge in [0.05, 0.1) is 17.6 Å². The first kappa shape index (κ1) is 19.4. The van der Waals surface area contributed by atoms with Crippen molar-refractivity contribution in [3.8, 4) is 0 Å². The van der Waals surface area contributed by atoms with Crippen LogP contribution in [0.5, 0.6) is 0 Å². The highest BCUT2D eigenvalue weighted by Gasteiger charge is 2.33. The summed E-state index contributed by atoms with van der Waals surface area (Å²) in [6, 6.07) is 0. The highest BCUT2D eigenvalue weighted by molar-refractivity contribution is 7.91. The molecule has 6 nitrogen and oxygen atoms in total. The molecular formula is C20H34N4O2S. The van der Waals surface area contributed by atoms with Crippen molar-refractivity contribution in [3.05, 3.63) is 11.9 Å². The van der Waals surface area contributed by atoms with Gasteiger partial charge in [0.25, 0.3) is 0 Å². The second-order valence-corrected chi connectivity index (χ2v) is 10.9. The van der Waals surface area contributed by atoms with Crippen molar-refractivity contribution >= 4 is 9.84 Å². The monoisotopic (exact) mass is 394 g/mol. The van der Waals surface area contributed by atoms with E-state index in [0.29, 0.717) is 17.0 Å². The highest BCUT2D eigenvalue weighted by atomic mass is 32.2. The van der Waals surface area contributed by atoms with Gasteiger partial charge in [0.2, 0.25) is 15.0 Å². The summed E-state index contributed by atoms with van der Waals surface area (Å²) in [5.41, 5.74) is 1.08. The molecule has 7 heteroatoms. The molecule has 0 amide bonds. The molecule has 0 aromatic carbocycles. The van der Waals surface area contributed by atoms with E-state index in [2.05, 4.69) is 26.4 Å². The standard InChI is InChI=1S/C20H34N4O2S/c1-22-9-11-23(12-10-22)15-19-13-21-20(27(25,26)16-18-7-8-18)24(19)14-17-5-3-2-4-6-17/h13,17-18H,2-12,14-16H2,1H3. The van der Waals surface area contributed by atoms with E-state index in [0.717, 1.165) is 57.8 Å². The molecule has 0 bridgehead atoms. The van der Waals surface area contributed by atoms with Gasteiger partial charge in [-0.2, -0.15) is 0 Å². The molecule has 1 saturated heterocycles. The molecule has 4 rings (SSSR count). The number of sulfone groups is 1. The van der Waals surface area contributed by atoms with Crippen LogP contribution in [-0.4, -0.2) is 66.7 Å². The maximum atomic E-state index is 13.0. The van der Waals surface area contributed by atoms with Crippen molar-refractivity contribution in [1.82, 2.24) is 19.4 Å². The van der Waals surface area contributed by atoms with Gasteiger partial charge in [-0.1, -0.05) is 19.3 Å². The molecule has 3 aliphatic rings. The van der Waals surface area contributed by atoms with E-state index >= 15 is 0 Å². The van der Waals surface area contributed by atoms with Crippen molar-refractivity contribution in [1.29, 1.82) is 0 Å². The van der Waals surface area contributed by atoms with Gasteiger partial charge in [0, 0.05) is 39.3 Å². The largest absolute Gasteiger partial charge is 0.317 e. The lowest BCUT2D eigenvalue weighted by Gasteiger charge is -2.32. The van der Waals surface area contributed by atoms with Gasteiger partial charge >= 0.3 is 0 Å². The number of aromatic nitrogens is 2. The van der Waals surface area contributed by atoms with Crippen molar-refractivity contribution < 1.29 is 8.42 Å². The van der Waals surface area contributed by atoms with E-state index in [1.54, 1.807) is 0 Å². The Kier molecular flexibility index (Phi) is 5.90. The Balaban J connectivity index is 1.55. The van der Waals surface area contributed by atoms with Gasteiger partial charge in [0.1, 0.15) is 0 Å². The quantitative estimate of drug-likeness (QED) is 0.711. The zero-order chi connectivity index (χ0) is 18.9. The Labute approximate surface area is 163 Å². The van der Waals surface area contributed by atoms with Crippen LogP contribution in [0.25, 0.3) is 0 Å². The number of imidazole rings is 1. The molecular weight excluding hydrogens is 360 g/mol. The topological polar surface area (TPSA) is 58.4 Å². The third kappa shape index (κ3) is 4.93. The molecule has 0 unspecified atom stereocenters. The Morgan fingerprint density at radius 3 is 2.37 bits per heavy atom. The number of rotatable bonds is 7. The molecule has 2 saturated carbocycles. The molecule has 2 aliphatic carbocycles. The van der Waals surface area contributed by atoms with Gasteiger partial charge in [-0.3, -0.25) is 4.90 Å². The molecule has 152 valence electrons. The number of likely N-dealkylation sites (N-methyl/N-ethyl adjacent to an activating group) is 1. The summed E-state index contributed by atoms with van der Waals surface area (Å²) in [4.78, 5) is 9.24. The second kappa shape index (κ2) is 8.21. The van der Waals surface area contributed by atoms with Crippen molar-refractivity contribution in [2.75, 3.05) is 39.0 Å². The van der Waals surface area contributed by atoms with E-state index in [1.165, 1.54) is 32.1 Å². The summed E-state index contributed by atoms with van der Waals surface area (Å²) in [6.07, 6.45) is 10.2. The molecule has 2 heterocycles. The van der Waals surface area contributed by atoms with Gasteiger partial charge in [-0.25, -0.2) is 13.4 Å². The van der Waals surface area contributed by atoms with E-state index < -0.39 is 9.84 Å². The predicted octanol–water partition coefficient (Wildman–Crippen LogP) is 2.39. The lowest BCUT2D eigenvalue weighted by atomic mass is 9.89. The SMILES string of the molecule is CN1CCN(Cc2cnc(S(=O)(=O)CC3CC3)n2CC2CCCCC2)CC1. The van der Waals surface area contributed by atoms with Gasteiger partial charge < -0.3 is 9.47 Å². The molecule has 3 fully saturated rings. The first-order chi connectivity index (χ1) is 13.0. The van der Waals surface area contributed by atoms with Crippen molar-refractivity contribution in [2.45, 2.75) is 63.2 Å². The van der Waals surface area contributed by atoms with Crippen LogP contribution < -0.4 is 0 Å². The van der Waals surface area contributed by atoms with E-state index in [-0.39, 0.29) is 5.75 Å². The number of hydrogen-bond acceptors (Lipinski definition) is 5. The fraction of sp³-hybridized carbons (Fsp3) is 0.850. The van der Waals surface area contributed by atoms with Crippen molar-refractivity contribution in [2.24, 2.45) is 11.8 Å². The summed E-state index contributed by atoms with van der Waals surface area (Å²) in [5, 5.41) is 0.337. The molecule has 0 atom stereocenters. The number of hydrogen-bond donors (Lipinski definition) is 0. The van der Waals surface area contributed by atoms with Crippen LogP contribution in [0.4, 0.5) is 0 Å². The van der Waals surface area contributed by atoms with Crippen LogP contribution in [0, 0.1) is 11.8 Å². The molecule has 1 aromatic rings. The molecule has 0 N–H and O–H groups in total. The fourth-order valence-electron chi connectivity index (χ4n) is 4.49. The molecule has 1 aliphatic heterocycles. The number of nitrogens with zero attached hydrogens (tertiary/aromatic N) is 4. The minimum absolute atomic E-state index is 0.280. The fourth-order valence-corrected chi connectivity index (χ4v) is 6.34. The van der Waals surface area contributed by atoms with Crippen molar-refractivity contribution in [3.63, 3.8) is 0 Å². The van der Waals surface area contributed by atoms with Gasteiger partial charge in [-0.15, -0.1) is 0 Å². The van der Waals surface area contributed by atoms with Gasteiger partial charge in [-0.05, 0) is 44.6 Å². The average molecular weight is 395 g/mol. The molecule has 0 radical (unpaired) electrons. The van der Waals surface area contributed by atoms with Crippen LogP contribution in [0.2, 0.25) is 0 Å². The van der Waals surface area contributed by atoms with Crippen LogP contribution in [-0.2, 0) is 22.9 Å². The van der Waals surface area contributed by atoms with E-state index in [4.69, 9.17) is 0 Å². The van der Waals surface area contributed by atoms with Crippen LogP contribution >= 0.6 is 0 Å². The highest BCUT2D eigenvalue weighted by Crippen LogP contribution is 2.33. The van der Waals surface area contributed by atoms with Crippen LogP contribution in [0.15, 0.2) is 11.4 Å². The first-order valence-corrected chi connectivity index (χ1v) is 12.3. The number of piperazine rings is 1. The molecule has 0 spiro atoms. The Bertz CT molecular complexity index is 727. The predicted molar refractivity (Wildman–Crippen MR) is 106 cm³/mol. The second-order valence-electron chi connectivity index (χ2n) is 8.95. The third-order valence-corrected chi connectivity index (χ3v) is 8.27. The minimum atomic E-state index is -3.28. The zero-order valence-electron chi connectivity index (χ0n) is 16.6. The van der Waals surface area contributed by atoms with E-state index in [1.807, 2.05) is 6.20 Å². The third-order valence-electron chi connectivity index (χ3n) is 6.48. The Morgan fingerprint density at radius 1 is 1.00 bits per heavy atom. The summed E-state index contributed by atoms with van der Waals surface area (Å²) in [7, 11) is -1.12. The average Bonchev–Trinajstić information content (AvgIpc) is 3.36. The smallest absolute Gasteiger partial charge is 0.227 e. The summed E-state index contributed by atoms with van der Waals surface area (Å²) < 4.78 is 28.1.